The van der Waals surface area contributed by atoms with Gasteiger partial charge >= 0.3 is 0 Å². The first-order chi connectivity index (χ1) is 16.8. The number of benzene rings is 1. The third kappa shape index (κ3) is 3.86. The number of anilines is 1. The van der Waals surface area contributed by atoms with Crippen molar-refractivity contribution in [2.24, 2.45) is 7.05 Å². The summed E-state index contributed by atoms with van der Waals surface area (Å²) >= 11 is 0. The van der Waals surface area contributed by atoms with Crippen LogP contribution in [-0.2, 0) is 20.1 Å². The van der Waals surface area contributed by atoms with Crippen molar-refractivity contribution in [1.82, 2.24) is 19.0 Å². The van der Waals surface area contributed by atoms with Crippen molar-refractivity contribution in [3.63, 3.8) is 0 Å². The van der Waals surface area contributed by atoms with Crippen LogP contribution in [0.3, 0.4) is 0 Å². The van der Waals surface area contributed by atoms with Gasteiger partial charge in [-0.3, -0.25) is 9.69 Å². The Morgan fingerprint density at radius 1 is 1.14 bits per heavy atom. The van der Waals surface area contributed by atoms with E-state index >= 15 is 0 Å². The van der Waals surface area contributed by atoms with Gasteiger partial charge in [0.1, 0.15) is 23.1 Å². The highest BCUT2D eigenvalue weighted by Gasteiger charge is 2.31. The molecule has 5 rings (SSSR count). The van der Waals surface area contributed by atoms with Gasteiger partial charge in [-0.15, -0.1) is 0 Å². The molecule has 1 aromatic carbocycles. The molecule has 0 N–H and O–H groups in total. The summed E-state index contributed by atoms with van der Waals surface area (Å²) in [5, 5.41) is 10.1. The van der Waals surface area contributed by atoms with E-state index < -0.39 is 0 Å². The summed E-state index contributed by atoms with van der Waals surface area (Å²) in [7, 11) is 1.72. The number of rotatable bonds is 4. The van der Waals surface area contributed by atoms with Crippen LogP contribution in [0.2, 0.25) is 0 Å². The topological polar surface area (TPSA) is 70.1 Å². The lowest BCUT2D eigenvalue weighted by atomic mass is 10.0. The van der Waals surface area contributed by atoms with E-state index in [-0.39, 0.29) is 23.5 Å². The normalized spacial score (nSPS) is 18.9. The Bertz CT molecular complexity index is 1530. The Morgan fingerprint density at radius 2 is 1.94 bits per heavy atom. The molecule has 0 saturated carbocycles. The number of fused-ring (bicyclic) bond motifs is 2. The fraction of sp³-hybridized carbons (Fsp3) is 0.370. The SMILES string of the molecule is CCn1cc(F)c2c(CN3C[C@H](C)N(c4cc(=O)n(C)c5ccc(C#N)nc45)C[C@H]3C)cccc21. The zero-order valence-electron chi connectivity index (χ0n) is 20.5. The molecule has 1 fully saturated rings. The van der Waals surface area contributed by atoms with E-state index in [9.17, 15) is 14.4 Å². The van der Waals surface area contributed by atoms with Crippen molar-refractivity contribution < 1.29 is 4.39 Å². The van der Waals surface area contributed by atoms with E-state index in [4.69, 9.17) is 0 Å². The van der Waals surface area contributed by atoms with Crippen molar-refractivity contribution in [3.05, 3.63) is 70.0 Å². The molecule has 180 valence electrons. The van der Waals surface area contributed by atoms with E-state index in [0.29, 0.717) is 35.2 Å². The van der Waals surface area contributed by atoms with Crippen LogP contribution in [0.4, 0.5) is 10.1 Å². The molecule has 0 amide bonds. The second-order valence-electron chi connectivity index (χ2n) is 9.46. The highest BCUT2D eigenvalue weighted by molar-refractivity contribution is 5.89. The molecule has 35 heavy (non-hydrogen) atoms. The monoisotopic (exact) mass is 472 g/mol. The van der Waals surface area contributed by atoms with Crippen molar-refractivity contribution >= 4 is 27.6 Å². The number of hydrogen-bond donors (Lipinski definition) is 0. The number of nitrogens with zero attached hydrogens (tertiary/aromatic N) is 6. The van der Waals surface area contributed by atoms with Crippen molar-refractivity contribution in [2.45, 2.75) is 45.9 Å². The fourth-order valence-corrected chi connectivity index (χ4v) is 5.33. The number of aryl methyl sites for hydroxylation is 2. The maximum Gasteiger partial charge on any atom is 0.252 e. The molecule has 4 aromatic rings. The zero-order valence-corrected chi connectivity index (χ0v) is 20.5. The largest absolute Gasteiger partial charge is 0.364 e. The van der Waals surface area contributed by atoms with Gasteiger partial charge < -0.3 is 14.0 Å². The molecule has 1 saturated heterocycles. The van der Waals surface area contributed by atoms with Crippen molar-refractivity contribution in [3.8, 4) is 6.07 Å². The molecular formula is C27H29FN6O. The van der Waals surface area contributed by atoms with E-state index in [1.54, 1.807) is 36.0 Å². The lowest BCUT2D eigenvalue weighted by molar-refractivity contribution is 0.158. The van der Waals surface area contributed by atoms with Gasteiger partial charge in [0, 0.05) is 63.0 Å². The summed E-state index contributed by atoms with van der Waals surface area (Å²) in [5.41, 5.74) is 4.25. The van der Waals surface area contributed by atoms with Crippen LogP contribution >= 0.6 is 0 Å². The number of hydrogen-bond acceptors (Lipinski definition) is 5. The minimum Gasteiger partial charge on any atom is -0.364 e. The minimum absolute atomic E-state index is 0.0957. The van der Waals surface area contributed by atoms with Crippen LogP contribution in [0.25, 0.3) is 21.9 Å². The van der Waals surface area contributed by atoms with Gasteiger partial charge in [0.25, 0.3) is 5.56 Å². The second-order valence-corrected chi connectivity index (χ2v) is 9.46. The van der Waals surface area contributed by atoms with Gasteiger partial charge in [0.15, 0.2) is 0 Å². The van der Waals surface area contributed by atoms with Gasteiger partial charge in [0.05, 0.1) is 16.7 Å². The quantitative estimate of drug-likeness (QED) is 0.449. The number of pyridine rings is 2. The summed E-state index contributed by atoms with van der Waals surface area (Å²) in [4.78, 5) is 21.9. The van der Waals surface area contributed by atoms with Gasteiger partial charge in [-0.1, -0.05) is 12.1 Å². The molecule has 0 unspecified atom stereocenters. The van der Waals surface area contributed by atoms with Crippen LogP contribution in [0.15, 0.2) is 47.4 Å². The maximum absolute atomic E-state index is 14.8. The van der Waals surface area contributed by atoms with E-state index in [1.807, 2.05) is 29.7 Å². The molecule has 8 heteroatoms. The Kier molecular flexibility index (Phi) is 5.81. The molecule has 3 aromatic heterocycles. The summed E-state index contributed by atoms with van der Waals surface area (Å²) in [6, 6.07) is 13.4. The number of halogens is 1. The summed E-state index contributed by atoms with van der Waals surface area (Å²) in [6.07, 6.45) is 1.58. The molecule has 0 spiro atoms. The first-order valence-corrected chi connectivity index (χ1v) is 12.0. The van der Waals surface area contributed by atoms with E-state index in [0.717, 1.165) is 29.9 Å². The molecule has 0 aliphatic carbocycles. The average molecular weight is 473 g/mol. The molecule has 1 aliphatic heterocycles. The second kappa shape index (κ2) is 8.82. The molecule has 0 radical (unpaired) electrons. The first-order valence-electron chi connectivity index (χ1n) is 12.0. The number of nitriles is 1. The standard InChI is InChI=1S/C27H29FN6O/c1-5-32-16-21(28)26-19(7-6-8-22(26)32)15-33-13-18(3)34(14-17(33)2)24-11-25(35)31(4)23-10-9-20(12-29)30-27(23)24/h6-11,16-18H,5,13-15H2,1-4H3/t17-,18+/m1/s1. The lowest BCUT2D eigenvalue weighted by Crippen LogP contribution is -2.56. The third-order valence-corrected chi connectivity index (χ3v) is 7.27. The molecule has 4 heterocycles. The smallest absolute Gasteiger partial charge is 0.252 e. The summed E-state index contributed by atoms with van der Waals surface area (Å²) in [5.74, 6) is -0.178. The van der Waals surface area contributed by atoms with Crippen molar-refractivity contribution in [1.29, 1.82) is 5.26 Å². The average Bonchev–Trinajstić information content (AvgIpc) is 3.19. The fourth-order valence-electron chi connectivity index (χ4n) is 5.33. The van der Waals surface area contributed by atoms with Crippen LogP contribution in [0.5, 0.6) is 0 Å². The molecular weight excluding hydrogens is 443 g/mol. The highest BCUT2D eigenvalue weighted by atomic mass is 19.1. The van der Waals surface area contributed by atoms with E-state index in [1.165, 1.54) is 0 Å². The Labute approximate surface area is 203 Å². The predicted molar refractivity (Wildman–Crippen MR) is 136 cm³/mol. The van der Waals surface area contributed by atoms with Gasteiger partial charge in [0.2, 0.25) is 0 Å². The lowest BCUT2D eigenvalue weighted by Gasteiger charge is -2.45. The number of piperazine rings is 1. The summed E-state index contributed by atoms with van der Waals surface area (Å²) in [6.45, 7) is 9.12. The molecule has 2 atom stereocenters. The molecule has 7 nitrogen and oxygen atoms in total. The Hall–Kier alpha value is -3.70. The molecule has 0 bridgehead atoms. The van der Waals surface area contributed by atoms with Gasteiger partial charge in [-0.25, -0.2) is 9.37 Å². The number of aromatic nitrogens is 3. The zero-order chi connectivity index (χ0) is 24.9. The van der Waals surface area contributed by atoms with Crippen molar-refractivity contribution in [2.75, 3.05) is 18.0 Å². The third-order valence-electron chi connectivity index (χ3n) is 7.27. The Balaban J connectivity index is 1.48. The minimum atomic E-state index is -0.178. The maximum atomic E-state index is 14.8. The van der Waals surface area contributed by atoms with Gasteiger partial charge in [-0.05, 0) is 44.5 Å². The van der Waals surface area contributed by atoms with Gasteiger partial charge in [-0.2, -0.15) is 5.26 Å². The first kappa shape index (κ1) is 23.1. The van der Waals surface area contributed by atoms with Crippen LogP contribution in [-0.4, -0.2) is 44.2 Å². The van der Waals surface area contributed by atoms with Crippen LogP contribution in [0, 0.1) is 17.1 Å². The Morgan fingerprint density at radius 3 is 2.69 bits per heavy atom. The van der Waals surface area contributed by atoms with E-state index in [2.05, 4.69) is 34.7 Å². The summed E-state index contributed by atoms with van der Waals surface area (Å²) < 4.78 is 18.3. The highest BCUT2D eigenvalue weighted by Crippen LogP contribution is 2.31. The van der Waals surface area contributed by atoms with Crippen LogP contribution < -0.4 is 10.5 Å². The molecule has 1 aliphatic rings. The van der Waals surface area contributed by atoms with Crippen LogP contribution in [0.1, 0.15) is 32.0 Å². The predicted octanol–water partition coefficient (Wildman–Crippen LogP) is 4.02.